The number of benzene rings is 1. The summed E-state index contributed by atoms with van der Waals surface area (Å²) in [7, 11) is 0. The van der Waals surface area contributed by atoms with Gasteiger partial charge in [-0.15, -0.1) is 0 Å². The van der Waals surface area contributed by atoms with Crippen molar-refractivity contribution in [3.63, 3.8) is 0 Å². The van der Waals surface area contributed by atoms with Crippen LogP contribution in [0.1, 0.15) is 30.9 Å². The van der Waals surface area contributed by atoms with Crippen LogP contribution in [-0.4, -0.2) is 24.5 Å². The molecule has 0 aromatic heterocycles. The van der Waals surface area contributed by atoms with Crippen molar-refractivity contribution in [1.82, 2.24) is 4.90 Å². The Labute approximate surface area is 118 Å². The van der Waals surface area contributed by atoms with Crippen molar-refractivity contribution in [1.29, 1.82) is 0 Å². The van der Waals surface area contributed by atoms with Crippen LogP contribution in [0.15, 0.2) is 18.2 Å². The number of nitrogens with two attached hydrogens (primary N) is 1. The fraction of sp³-hybridized carbons (Fsp3) is 0.600. The summed E-state index contributed by atoms with van der Waals surface area (Å²) in [6.07, 6.45) is 3.98. The smallest absolute Gasteiger partial charge is 0.128 e. The summed E-state index contributed by atoms with van der Waals surface area (Å²) in [5, 5.41) is 0.578. The van der Waals surface area contributed by atoms with E-state index < -0.39 is 0 Å². The predicted molar refractivity (Wildman–Crippen MR) is 75.6 cm³/mol. The molecule has 3 unspecified atom stereocenters. The minimum Gasteiger partial charge on any atom is -0.329 e. The Morgan fingerprint density at radius 2 is 2.00 bits per heavy atom. The van der Waals surface area contributed by atoms with Crippen molar-refractivity contribution >= 4 is 11.6 Å². The first-order chi connectivity index (χ1) is 9.19. The predicted octanol–water partition coefficient (Wildman–Crippen LogP) is 3.21. The van der Waals surface area contributed by atoms with Crippen LogP contribution in [0, 0.1) is 17.7 Å². The van der Waals surface area contributed by atoms with Gasteiger partial charge >= 0.3 is 0 Å². The maximum atomic E-state index is 14.0. The second-order valence-corrected chi connectivity index (χ2v) is 6.26. The molecular weight excluding hydrogens is 263 g/mol. The average molecular weight is 283 g/mol. The molecule has 3 atom stereocenters. The van der Waals surface area contributed by atoms with E-state index in [1.807, 2.05) is 0 Å². The molecule has 2 nitrogen and oxygen atoms in total. The second-order valence-electron chi connectivity index (χ2n) is 5.82. The van der Waals surface area contributed by atoms with E-state index in [0.717, 1.165) is 24.9 Å². The van der Waals surface area contributed by atoms with E-state index in [-0.39, 0.29) is 11.9 Å². The van der Waals surface area contributed by atoms with E-state index in [2.05, 4.69) is 4.90 Å². The van der Waals surface area contributed by atoms with Crippen LogP contribution in [0.2, 0.25) is 5.02 Å². The Balaban J connectivity index is 1.83. The van der Waals surface area contributed by atoms with Crippen molar-refractivity contribution in [2.45, 2.75) is 25.3 Å². The van der Waals surface area contributed by atoms with Crippen molar-refractivity contribution in [3.05, 3.63) is 34.6 Å². The van der Waals surface area contributed by atoms with Crippen LogP contribution in [0.25, 0.3) is 0 Å². The lowest BCUT2D eigenvalue weighted by molar-refractivity contribution is 0.227. The summed E-state index contributed by atoms with van der Waals surface area (Å²) in [6, 6.07) is 4.72. The molecule has 2 N–H and O–H groups in total. The summed E-state index contributed by atoms with van der Waals surface area (Å²) in [4.78, 5) is 2.35. The van der Waals surface area contributed by atoms with Crippen molar-refractivity contribution in [3.8, 4) is 0 Å². The molecule has 1 aromatic carbocycles. The Hall–Kier alpha value is -0.640. The molecule has 1 saturated carbocycles. The van der Waals surface area contributed by atoms with Crippen LogP contribution in [-0.2, 0) is 0 Å². The Morgan fingerprint density at radius 3 is 2.63 bits per heavy atom. The zero-order chi connectivity index (χ0) is 13.4. The van der Waals surface area contributed by atoms with E-state index in [1.165, 1.54) is 25.3 Å². The lowest BCUT2D eigenvalue weighted by Crippen LogP contribution is -2.33. The molecule has 1 aliphatic carbocycles. The molecule has 19 heavy (non-hydrogen) atoms. The third-order valence-corrected chi connectivity index (χ3v) is 4.97. The van der Waals surface area contributed by atoms with Crippen LogP contribution in [0.5, 0.6) is 0 Å². The van der Waals surface area contributed by atoms with Gasteiger partial charge in [-0.3, -0.25) is 4.90 Å². The zero-order valence-corrected chi connectivity index (χ0v) is 11.7. The van der Waals surface area contributed by atoms with Crippen LogP contribution < -0.4 is 5.73 Å². The molecule has 2 aliphatic rings. The molecule has 0 amide bonds. The molecule has 1 aliphatic heterocycles. The number of fused-ring (bicyclic) bond motifs is 1. The highest BCUT2D eigenvalue weighted by Crippen LogP contribution is 2.41. The van der Waals surface area contributed by atoms with E-state index >= 15 is 0 Å². The molecule has 3 rings (SSSR count). The minimum atomic E-state index is -0.197. The van der Waals surface area contributed by atoms with Crippen LogP contribution in [0.3, 0.4) is 0 Å². The van der Waals surface area contributed by atoms with Crippen molar-refractivity contribution in [2.75, 3.05) is 19.6 Å². The number of halogens is 2. The number of hydrogen-bond acceptors (Lipinski definition) is 2. The third kappa shape index (κ3) is 2.51. The fourth-order valence-corrected chi connectivity index (χ4v) is 3.95. The summed E-state index contributed by atoms with van der Waals surface area (Å²) in [6.45, 7) is 2.55. The largest absolute Gasteiger partial charge is 0.329 e. The van der Waals surface area contributed by atoms with E-state index in [1.54, 1.807) is 12.1 Å². The molecule has 1 aromatic rings. The molecule has 0 bridgehead atoms. The minimum absolute atomic E-state index is 0.0377. The first-order valence-corrected chi connectivity index (χ1v) is 7.46. The standard InChI is InChI=1S/C15H20ClFN2/c16-12-4-5-14(17)13(6-12)15(7-18)19-8-10-2-1-3-11(10)9-19/h4-6,10-11,15H,1-3,7-9,18H2. The van der Waals surface area contributed by atoms with Gasteiger partial charge in [0.05, 0.1) is 0 Å². The van der Waals surface area contributed by atoms with E-state index in [4.69, 9.17) is 17.3 Å². The van der Waals surface area contributed by atoms with Crippen molar-refractivity contribution in [2.24, 2.45) is 17.6 Å². The van der Waals surface area contributed by atoms with Gasteiger partial charge in [-0.2, -0.15) is 0 Å². The average Bonchev–Trinajstić information content (AvgIpc) is 2.95. The van der Waals surface area contributed by atoms with E-state index in [9.17, 15) is 4.39 Å². The van der Waals surface area contributed by atoms with Gasteiger partial charge in [0.2, 0.25) is 0 Å². The van der Waals surface area contributed by atoms with Crippen molar-refractivity contribution < 1.29 is 4.39 Å². The van der Waals surface area contributed by atoms with Gasteiger partial charge in [0.25, 0.3) is 0 Å². The first-order valence-electron chi connectivity index (χ1n) is 7.08. The zero-order valence-electron chi connectivity index (χ0n) is 11.0. The van der Waals surface area contributed by atoms with Gasteiger partial charge in [-0.1, -0.05) is 18.0 Å². The number of likely N-dealkylation sites (tertiary alicyclic amines) is 1. The SMILES string of the molecule is NCC(c1cc(Cl)ccc1F)N1CC2CCCC2C1. The summed E-state index contributed by atoms with van der Waals surface area (Å²) < 4.78 is 14.0. The quantitative estimate of drug-likeness (QED) is 0.922. The Bertz CT molecular complexity index is 453. The van der Waals surface area contributed by atoms with Gasteiger partial charge in [-0.05, 0) is 42.9 Å². The first kappa shape index (κ1) is 13.3. The summed E-state index contributed by atoms with van der Waals surface area (Å²) >= 11 is 5.99. The second kappa shape index (κ2) is 5.39. The lowest BCUT2D eigenvalue weighted by atomic mass is 10.0. The third-order valence-electron chi connectivity index (χ3n) is 4.74. The van der Waals surface area contributed by atoms with E-state index in [0.29, 0.717) is 17.1 Å². The molecule has 0 spiro atoms. The molecule has 1 saturated heterocycles. The topological polar surface area (TPSA) is 29.3 Å². The molecule has 2 fully saturated rings. The molecule has 4 heteroatoms. The Morgan fingerprint density at radius 1 is 1.32 bits per heavy atom. The molecule has 104 valence electrons. The van der Waals surface area contributed by atoms with Gasteiger partial charge in [0.15, 0.2) is 0 Å². The highest BCUT2D eigenvalue weighted by Gasteiger charge is 2.39. The van der Waals surface area contributed by atoms with Crippen LogP contribution in [0.4, 0.5) is 4.39 Å². The molecule has 0 radical (unpaired) electrons. The Kier molecular flexibility index (Phi) is 3.79. The monoisotopic (exact) mass is 282 g/mol. The van der Waals surface area contributed by atoms with Crippen LogP contribution >= 0.6 is 11.6 Å². The molecule has 1 heterocycles. The highest BCUT2D eigenvalue weighted by atomic mass is 35.5. The lowest BCUT2D eigenvalue weighted by Gasteiger charge is -2.28. The molecular formula is C15H20ClFN2. The van der Waals surface area contributed by atoms with Gasteiger partial charge in [0, 0.05) is 36.3 Å². The summed E-state index contributed by atoms with van der Waals surface area (Å²) in [5.74, 6) is 1.38. The fourth-order valence-electron chi connectivity index (χ4n) is 3.77. The number of nitrogens with zero attached hydrogens (tertiary/aromatic N) is 1. The number of hydrogen-bond donors (Lipinski definition) is 1. The van der Waals surface area contributed by atoms with Gasteiger partial charge in [0.1, 0.15) is 5.82 Å². The maximum absolute atomic E-state index is 14.0. The highest BCUT2D eigenvalue weighted by molar-refractivity contribution is 6.30. The maximum Gasteiger partial charge on any atom is 0.128 e. The normalized spacial score (nSPS) is 28.6. The number of rotatable bonds is 3. The van der Waals surface area contributed by atoms with Gasteiger partial charge in [-0.25, -0.2) is 4.39 Å². The summed E-state index contributed by atoms with van der Waals surface area (Å²) in [5.41, 5.74) is 6.55. The van der Waals surface area contributed by atoms with Gasteiger partial charge < -0.3 is 5.73 Å².